The highest BCUT2D eigenvalue weighted by Crippen LogP contribution is 2.05. The van der Waals surface area contributed by atoms with Crippen LogP contribution in [0.1, 0.15) is 84.0 Å². The van der Waals surface area contributed by atoms with Gasteiger partial charge in [0.25, 0.3) is 0 Å². The number of aliphatic hydroxyl groups is 2. The zero-order valence-electron chi connectivity index (χ0n) is 17.2. The van der Waals surface area contributed by atoms with Crippen molar-refractivity contribution in [2.45, 2.75) is 90.1 Å². The van der Waals surface area contributed by atoms with E-state index >= 15 is 0 Å². The van der Waals surface area contributed by atoms with Gasteiger partial charge in [-0.05, 0) is 57.8 Å². The second-order valence-corrected chi connectivity index (χ2v) is 6.84. The van der Waals surface area contributed by atoms with Crippen LogP contribution in [-0.4, -0.2) is 35.5 Å². The fourth-order valence-corrected chi connectivity index (χ4v) is 2.46. The normalized spacial score (nSPS) is 13.1. The zero-order valence-corrected chi connectivity index (χ0v) is 17.2. The Bertz CT molecular complexity index is 413. The average Bonchev–Trinajstić information content (AvgIpc) is 2.68. The highest BCUT2D eigenvalue weighted by molar-refractivity contribution is 5.69. The molecule has 1 atom stereocenters. The van der Waals surface area contributed by atoms with Crippen molar-refractivity contribution in [1.29, 1.82) is 0 Å². The van der Waals surface area contributed by atoms with Crippen LogP contribution < -0.4 is 0 Å². The summed E-state index contributed by atoms with van der Waals surface area (Å²) in [6.07, 6.45) is 25.2. The molecule has 0 unspecified atom stereocenters. The molecule has 0 saturated carbocycles. The van der Waals surface area contributed by atoms with Crippen LogP contribution in [0.2, 0.25) is 0 Å². The molecule has 0 fully saturated rings. The lowest BCUT2D eigenvalue weighted by Crippen LogP contribution is -2.21. The van der Waals surface area contributed by atoms with E-state index in [0.717, 1.165) is 32.1 Å². The molecule has 0 aliphatic carbocycles. The molecule has 0 bridgehead atoms. The lowest BCUT2D eigenvalue weighted by Gasteiger charge is -2.07. The van der Waals surface area contributed by atoms with Crippen LogP contribution in [0, 0.1) is 0 Å². The highest BCUT2D eigenvalue weighted by atomic mass is 16.5. The van der Waals surface area contributed by atoms with Gasteiger partial charge in [-0.3, -0.25) is 4.79 Å². The summed E-state index contributed by atoms with van der Waals surface area (Å²) >= 11 is 0. The number of ether oxygens (including phenoxy) is 1. The minimum Gasteiger partial charge on any atom is -0.463 e. The maximum Gasteiger partial charge on any atom is 0.305 e. The highest BCUT2D eigenvalue weighted by Gasteiger charge is 2.06. The lowest BCUT2D eigenvalue weighted by atomic mass is 10.1. The second-order valence-electron chi connectivity index (χ2n) is 6.84. The SMILES string of the molecule is CCCCC/C=C\C/C=C\CCCC/C=C\CCCC(=O)OC[C@H](O)CO. The van der Waals surface area contributed by atoms with Crippen LogP contribution in [0.15, 0.2) is 36.5 Å². The van der Waals surface area contributed by atoms with Crippen LogP contribution in [0.25, 0.3) is 0 Å². The van der Waals surface area contributed by atoms with Gasteiger partial charge in [0, 0.05) is 6.42 Å². The second kappa shape index (κ2) is 20.9. The third-order valence-corrected chi connectivity index (χ3v) is 4.14. The van der Waals surface area contributed by atoms with Crippen LogP contribution in [0.5, 0.6) is 0 Å². The Labute approximate surface area is 166 Å². The molecule has 0 radical (unpaired) electrons. The Morgan fingerprint density at radius 1 is 0.852 bits per heavy atom. The van der Waals surface area contributed by atoms with Gasteiger partial charge in [0.1, 0.15) is 12.7 Å². The number of esters is 1. The average molecular weight is 381 g/mol. The fourth-order valence-electron chi connectivity index (χ4n) is 2.46. The monoisotopic (exact) mass is 380 g/mol. The maximum absolute atomic E-state index is 11.4. The molecule has 0 heterocycles. The van der Waals surface area contributed by atoms with Gasteiger partial charge >= 0.3 is 5.97 Å². The molecule has 4 heteroatoms. The predicted molar refractivity (Wildman–Crippen MR) is 113 cm³/mol. The number of aliphatic hydroxyl groups excluding tert-OH is 2. The Balaban J connectivity index is 3.38. The number of carbonyl (C=O) groups excluding carboxylic acids is 1. The molecule has 0 aliphatic heterocycles. The van der Waals surface area contributed by atoms with E-state index in [2.05, 4.69) is 43.4 Å². The minimum absolute atomic E-state index is 0.130. The molecule has 0 saturated heterocycles. The summed E-state index contributed by atoms with van der Waals surface area (Å²) in [6, 6.07) is 0. The molecule has 27 heavy (non-hydrogen) atoms. The third-order valence-electron chi connectivity index (χ3n) is 4.14. The molecule has 156 valence electrons. The van der Waals surface area contributed by atoms with Gasteiger partial charge in [-0.25, -0.2) is 0 Å². The van der Waals surface area contributed by atoms with E-state index in [-0.39, 0.29) is 19.2 Å². The van der Waals surface area contributed by atoms with Gasteiger partial charge in [-0.15, -0.1) is 0 Å². The molecule has 0 aromatic rings. The first-order chi connectivity index (χ1) is 13.2. The van der Waals surface area contributed by atoms with Crippen LogP contribution in [0.4, 0.5) is 0 Å². The zero-order chi connectivity index (χ0) is 20.0. The van der Waals surface area contributed by atoms with Crippen molar-refractivity contribution in [3.8, 4) is 0 Å². The van der Waals surface area contributed by atoms with Crippen molar-refractivity contribution in [2.24, 2.45) is 0 Å². The molecule has 0 amide bonds. The van der Waals surface area contributed by atoms with E-state index in [1.807, 2.05) is 0 Å². The summed E-state index contributed by atoms with van der Waals surface area (Å²) in [7, 11) is 0. The van der Waals surface area contributed by atoms with E-state index in [1.165, 1.54) is 38.5 Å². The van der Waals surface area contributed by atoms with Gasteiger partial charge in [0.15, 0.2) is 0 Å². The van der Waals surface area contributed by atoms with Gasteiger partial charge in [0.05, 0.1) is 6.61 Å². The molecule has 0 aliphatic rings. The smallest absolute Gasteiger partial charge is 0.305 e. The summed E-state index contributed by atoms with van der Waals surface area (Å²) in [4.78, 5) is 11.4. The van der Waals surface area contributed by atoms with Crippen molar-refractivity contribution in [3.05, 3.63) is 36.5 Å². The summed E-state index contributed by atoms with van der Waals surface area (Å²) < 4.78 is 4.84. The van der Waals surface area contributed by atoms with E-state index in [9.17, 15) is 4.79 Å². The Hall–Kier alpha value is -1.39. The molecule has 4 nitrogen and oxygen atoms in total. The summed E-state index contributed by atoms with van der Waals surface area (Å²) in [5, 5.41) is 17.7. The first kappa shape index (κ1) is 25.6. The first-order valence-corrected chi connectivity index (χ1v) is 10.6. The molecular formula is C23H40O4. The van der Waals surface area contributed by atoms with E-state index in [4.69, 9.17) is 14.9 Å². The Kier molecular flexibility index (Phi) is 19.8. The van der Waals surface area contributed by atoms with Crippen molar-refractivity contribution in [1.82, 2.24) is 0 Å². The van der Waals surface area contributed by atoms with E-state index in [1.54, 1.807) is 0 Å². The number of rotatable bonds is 18. The van der Waals surface area contributed by atoms with Crippen LogP contribution in [0.3, 0.4) is 0 Å². The van der Waals surface area contributed by atoms with E-state index in [0.29, 0.717) is 6.42 Å². The molecule has 0 aromatic heterocycles. The Morgan fingerprint density at radius 3 is 1.93 bits per heavy atom. The lowest BCUT2D eigenvalue weighted by molar-refractivity contribution is -0.147. The number of allylic oxidation sites excluding steroid dienone is 6. The number of hydrogen-bond donors (Lipinski definition) is 2. The standard InChI is InChI=1S/C23H40O4/c1-2-3-4-5-6-7-8-9-10-11-12-13-14-15-16-17-18-19-23(26)27-21-22(25)20-24/h6-7,9-10,15-16,22,24-25H,2-5,8,11-14,17-21H2,1H3/b7-6-,10-9-,16-15-/t22-/m1/s1. The molecule has 0 rings (SSSR count). The largest absolute Gasteiger partial charge is 0.463 e. The number of hydrogen-bond acceptors (Lipinski definition) is 4. The van der Waals surface area contributed by atoms with Gasteiger partial charge < -0.3 is 14.9 Å². The van der Waals surface area contributed by atoms with Crippen LogP contribution in [-0.2, 0) is 9.53 Å². The van der Waals surface area contributed by atoms with Crippen molar-refractivity contribution in [2.75, 3.05) is 13.2 Å². The Morgan fingerprint density at radius 2 is 1.37 bits per heavy atom. The van der Waals surface area contributed by atoms with Gasteiger partial charge in [-0.2, -0.15) is 0 Å². The quantitative estimate of drug-likeness (QED) is 0.193. The molecule has 0 spiro atoms. The molecule has 2 N–H and O–H groups in total. The van der Waals surface area contributed by atoms with Crippen LogP contribution >= 0.6 is 0 Å². The van der Waals surface area contributed by atoms with Crippen molar-refractivity contribution in [3.63, 3.8) is 0 Å². The van der Waals surface area contributed by atoms with Crippen molar-refractivity contribution < 1.29 is 19.7 Å². The van der Waals surface area contributed by atoms with E-state index < -0.39 is 6.10 Å². The summed E-state index contributed by atoms with van der Waals surface area (Å²) in [5.74, 6) is -0.321. The minimum atomic E-state index is -0.976. The summed E-state index contributed by atoms with van der Waals surface area (Å²) in [5.41, 5.74) is 0. The molecule has 0 aromatic carbocycles. The van der Waals surface area contributed by atoms with Gasteiger partial charge in [0.2, 0.25) is 0 Å². The predicted octanol–water partition coefficient (Wildman–Crippen LogP) is 5.25. The maximum atomic E-state index is 11.4. The first-order valence-electron chi connectivity index (χ1n) is 10.6. The summed E-state index contributed by atoms with van der Waals surface area (Å²) in [6.45, 7) is 1.72. The van der Waals surface area contributed by atoms with Crippen molar-refractivity contribution >= 4 is 5.97 Å². The molecular weight excluding hydrogens is 340 g/mol. The third kappa shape index (κ3) is 20.8. The number of carbonyl (C=O) groups is 1. The fraction of sp³-hybridized carbons (Fsp3) is 0.696. The number of unbranched alkanes of at least 4 members (excludes halogenated alkanes) is 7. The van der Waals surface area contributed by atoms with Gasteiger partial charge in [-0.1, -0.05) is 56.2 Å². The topological polar surface area (TPSA) is 66.8 Å².